The molecule has 7 nitrogen and oxygen atoms in total. The van der Waals surface area contributed by atoms with Gasteiger partial charge in [0.2, 0.25) is 11.8 Å². The third-order valence-electron chi connectivity index (χ3n) is 7.27. The predicted octanol–water partition coefficient (Wildman–Crippen LogP) is 3.60. The Labute approximate surface area is 225 Å². The normalized spacial score (nSPS) is 25.0. The Kier molecular flexibility index (Phi) is 7.89. The van der Waals surface area contributed by atoms with Gasteiger partial charge in [-0.05, 0) is 47.2 Å². The maximum absolute atomic E-state index is 14.9. The summed E-state index contributed by atoms with van der Waals surface area (Å²) < 4.78 is 14.9. The summed E-state index contributed by atoms with van der Waals surface area (Å²) in [5.41, 5.74) is -0.0952. The highest BCUT2D eigenvalue weighted by atomic mass is 35.5. The standard InChI is InChI=1S/C27H32Cl2FN3O4/c1-26(2,3)10-21-27(17-8-19(30)18(29)9-20(17)32-25(27)37)22(15-5-4-6-16(28)7-15)23(33-21)24(36)31-11-14(12-34)13-35/h4-9,14,21-23,33-35H,10-13H2,1-3H3,(H,31,36)(H,32,37)/t21-,22+,23-,27+/m1/s1. The van der Waals surface area contributed by atoms with Gasteiger partial charge in [-0.15, -0.1) is 0 Å². The van der Waals surface area contributed by atoms with E-state index >= 15 is 0 Å². The van der Waals surface area contributed by atoms with Gasteiger partial charge in [0.15, 0.2) is 0 Å². The zero-order chi connectivity index (χ0) is 27.1. The summed E-state index contributed by atoms with van der Waals surface area (Å²) in [7, 11) is 0. The summed E-state index contributed by atoms with van der Waals surface area (Å²) in [6, 6.07) is 8.25. The highest BCUT2D eigenvalue weighted by molar-refractivity contribution is 6.31. The number of amides is 2. The minimum atomic E-state index is -1.34. The fourth-order valence-corrected chi connectivity index (χ4v) is 6.04. The van der Waals surface area contributed by atoms with Gasteiger partial charge in [-0.25, -0.2) is 4.39 Å². The molecule has 0 unspecified atom stereocenters. The van der Waals surface area contributed by atoms with Crippen molar-refractivity contribution in [3.8, 4) is 0 Å². The molecule has 2 aromatic carbocycles. The number of fused-ring (bicyclic) bond motifs is 2. The Balaban J connectivity index is 1.91. The zero-order valence-electron chi connectivity index (χ0n) is 20.9. The van der Waals surface area contributed by atoms with Crippen LogP contribution in [0.15, 0.2) is 36.4 Å². The van der Waals surface area contributed by atoms with Crippen LogP contribution in [0.2, 0.25) is 10.0 Å². The lowest BCUT2D eigenvalue weighted by Crippen LogP contribution is -2.49. The fourth-order valence-electron chi connectivity index (χ4n) is 5.68. The molecule has 2 aromatic rings. The largest absolute Gasteiger partial charge is 0.396 e. The van der Waals surface area contributed by atoms with E-state index in [0.29, 0.717) is 28.3 Å². The molecule has 1 spiro atoms. The molecule has 4 rings (SSSR count). The molecule has 2 aliphatic rings. The van der Waals surface area contributed by atoms with Gasteiger partial charge in [0.05, 0.1) is 11.1 Å². The Hall–Kier alpha value is -2.23. The van der Waals surface area contributed by atoms with Crippen LogP contribution in [0.1, 0.15) is 44.2 Å². The van der Waals surface area contributed by atoms with Crippen LogP contribution in [0, 0.1) is 17.2 Å². The first-order valence-corrected chi connectivity index (χ1v) is 13.0. The number of anilines is 1. The van der Waals surface area contributed by atoms with E-state index in [9.17, 15) is 24.2 Å². The van der Waals surface area contributed by atoms with E-state index in [-0.39, 0.29) is 36.1 Å². The first-order valence-electron chi connectivity index (χ1n) is 12.2. The number of rotatable bonds is 7. The quantitative estimate of drug-likeness (QED) is 0.361. The van der Waals surface area contributed by atoms with Crippen molar-refractivity contribution < 1.29 is 24.2 Å². The number of hydrogen-bond acceptors (Lipinski definition) is 5. The second kappa shape index (κ2) is 10.5. The van der Waals surface area contributed by atoms with E-state index in [2.05, 4.69) is 16.0 Å². The molecular formula is C27H32Cl2FN3O4. The van der Waals surface area contributed by atoms with E-state index in [1.807, 2.05) is 26.8 Å². The maximum Gasteiger partial charge on any atom is 0.237 e. The van der Waals surface area contributed by atoms with E-state index in [1.165, 1.54) is 12.1 Å². The lowest BCUT2D eigenvalue weighted by Gasteiger charge is -2.37. The van der Waals surface area contributed by atoms with E-state index in [4.69, 9.17) is 23.2 Å². The summed E-state index contributed by atoms with van der Waals surface area (Å²) in [5.74, 6) is -2.68. The van der Waals surface area contributed by atoms with Gasteiger partial charge >= 0.3 is 0 Å². The van der Waals surface area contributed by atoms with Crippen molar-refractivity contribution in [1.82, 2.24) is 10.6 Å². The number of halogens is 3. The summed E-state index contributed by atoms with van der Waals surface area (Å²) in [6.45, 7) is 5.57. The molecule has 5 N–H and O–H groups in total. The zero-order valence-corrected chi connectivity index (χ0v) is 22.5. The second-order valence-electron chi connectivity index (χ2n) is 11.1. The molecule has 2 amide bonds. The smallest absolute Gasteiger partial charge is 0.237 e. The van der Waals surface area contributed by atoms with Crippen molar-refractivity contribution in [1.29, 1.82) is 0 Å². The fraction of sp³-hybridized carbons (Fsp3) is 0.481. The molecule has 0 aromatic heterocycles. The SMILES string of the molecule is CC(C)(C)C[C@H]1N[C@@H](C(=O)NCC(CO)CO)[C@H](c2cccc(Cl)c2)[C@@]12C(=O)Nc1cc(Cl)c(F)cc12. The number of aliphatic hydroxyl groups excluding tert-OH is 2. The highest BCUT2D eigenvalue weighted by Gasteiger charge is 2.65. The predicted molar refractivity (Wildman–Crippen MR) is 141 cm³/mol. The Bertz CT molecular complexity index is 1200. The van der Waals surface area contributed by atoms with E-state index in [1.54, 1.807) is 18.2 Å². The lowest BCUT2D eigenvalue weighted by molar-refractivity contribution is -0.124. The first kappa shape index (κ1) is 27.8. The van der Waals surface area contributed by atoms with Gasteiger partial charge in [-0.2, -0.15) is 0 Å². The summed E-state index contributed by atoms with van der Waals surface area (Å²) in [4.78, 5) is 27.7. The van der Waals surface area contributed by atoms with E-state index < -0.39 is 41.1 Å². The second-order valence-corrected chi connectivity index (χ2v) is 11.9. The first-order chi connectivity index (χ1) is 17.4. The minimum absolute atomic E-state index is 0.0518. The molecule has 1 fully saturated rings. The number of carbonyl (C=O) groups is 2. The van der Waals surface area contributed by atoms with Crippen molar-refractivity contribution in [2.75, 3.05) is 25.1 Å². The molecule has 0 bridgehead atoms. The number of hydrogen-bond donors (Lipinski definition) is 5. The van der Waals surface area contributed by atoms with Crippen molar-refractivity contribution >= 4 is 40.7 Å². The number of nitrogens with one attached hydrogen (secondary N) is 3. The van der Waals surface area contributed by atoms with Crippen molar-refractivity contribution in [2.45, 2.75) is 50.6 Å². The molecule has 200 valence electrons. The van der Waals surface area contributed by atoms with Crippen LogP contribution in [0.3, 0.4) is 0 Å². The third kappa shape index (κ3) is 5.10. The number of benzene rings is 2. The molecular weight excluding hydrogens is 520 g/mol. The third-order valence-corrected chi connectivity index (χ3v) is 7.80. The molecule has 2 aliphatic heterocycles. The van der Waals surface area contributed by atoms with Crippen molar-refractivity contribution in [3.05, 3.63) is 63.4 Å². The molecule has 0 saturated carbocycles. The number of aliphatic hydroxyl groups is 2. The topological polar surface area (TPSA) is 111 Å². The molecule has 10 heteroatoms. The average Bonchev–Trinajstić information content (AvgIpc) is 3.29. The van der Waals surface area contributed by atoms with Crippen LogP contribution in [-0.2, 0) is 15.0 Å². The van der Waals surface area contributed by atoms with Gasteiger partial charge in [-0.3, -0.25) is 9.59 Å². The summed E-state index contributed by atoms with van der Waals surface area (Å²) >= 11 is 12.4. The Morgan fingerprint density at radius 1 is 1.19 bits per heavy atom. The van der Waals surface area contributed by atoms with E-state index in [0.717, 1.165) is 0 Å². The number of carbonyl (C=O) groups excluding carboxylic acids is 2. The van der Waals surface area contributed by atoms with Gasteiger partial charge < -0.3 is 26.2 Å². The molecule has 4 atom stereocenters. The monoisotopic (exact) mass is 551 g/mol. The maximum atomic E-state index is 14.9. The van der Waals surface area contributed by atoms with Crippen LogP contribution in [0.25, 0.3) is 0 Å². The lowest BCUT2D eigenvalue weighted by atomic mass is 9.62. The van der Waals surface area contributed by atoms with Crippen LogP contribution < -0.4 is 16.0 Å². The molecule has 2 heterocycles. The highest BCUT2D eigenvalue weighted by Crippen LogP contribution is 2.57. The molecule has 0 radical (unpaired) electrons. The molecule has 37 heavy (non-hydrogen) atoms. The molecule has 1 saturated heterocycles. The van der Waals surface area contributed by atoms with Gasteiger partial charge in [0, 0.05) is 48.3 Å². The Morgan fingerprint density at radius 3 is 2.51 bits per heavy atom. The van der Waals surface area contributed by atoms with Gasteiger partial charge in [0.1, 0.15) is 11.2 Å². The van der Waals surface area contributed by atoms with Crippen LogP contribution in [0.4, 0.5) is 10.1 Å². The van der Waals surface area contributed by atoms with Crippen molar-refractivity contribution in [3.63, 3.8) is 0 Å². The van der Waals surface area contributed by atoms with Crippen LogP contribution >= 0.6 is 23.2 Å². The molecule has 0 aliphatic carbocycles. The summed E-state index contributed by atoms with van der Waals surface area (Å²) in [6.07, 6.45) is 0.501. The summed E-state index contributed by atoms with van der Waals surface area (Å²) in [5, 5.41) is 28.4. The van der Waals surface area contributed by atoms with Gasteiger partial charge in [-0.1, -0.05) is 56.1 Å². The van der Waals surface area contributed by atoms with Crippen molar-refractivity contribution in [2.24, 2.45) is 11.3 Å². The Morgan fingerprint density at radius 2 is 1.89 bits per heavy atom. The van der Waals surface area contributed by atoms with Crippen LogP contribution in [-0.4, -0.2) is 53.9 Å². The van der Waals surface area contributed by atoms with Gasteiger partial charge in [0.25, 0.3) is 0 Å². The minimum Gasteiger partial charge on any atom is -0.396 e. The average molecular weight is 552 g/mol. The van der Waals surface area contributed by atoms with Crippen LogP contribution in [0.5, 0.6) is 0 Å².